The van der Waals surface area contributed by atoms with Crippen molar-refractivity contribution in [1.82, 2.24) is 19.9 Å². The number of imidazole rings is 1. The lowest BCUT2D eigenvalue weighted by Gasteiger charge is -1.89. The number of rotatable bonds is 0. The molecule has 2 aromatic heterocycles. The number of anilines is 1. The van der Waals surface area contributed by atoms with Crippen LogP contribution in [0.3, 0.4) is 0 Å². The van der Waals surface area contributed by atoms with Crippen molar-refractivity contribution in [1.29, 1.82) is 0 Å². The number of nitrogen functional groups attached to an aromatic ring is 1. The second-order valence-corrected chi connectivity index (χ2v) is 2.05. The SMILES string of the molecule is Cl.Nc1nc2n[14cH][nH]c2c(=O)[nH]1. The quantitative estimate of drug-likeness (QED) is 0.527. The maximum Gasteiger partial charge on any atom is 0.278 e. The molecule has 0 aliphatic carbocycles. The van der Waals surface area contributed by atoms with Gasteiger partial charge < -0.3 is 10.7 Å². The summed E-state index contributed by atoms with van der Waals surface area (Å²) in [5.74, 6) is 0.0783. The minimum Gasteiger partial charge on any atom is -0.369 e. The van der Waals surface area contributed by atoms with Crippen LogP contribution < -0.4 is 11.3 Å². The number of nitrogens with two attached hydrogens (primary N) is 1. The van der Waals surface area contributed by atoms with E-state index in [0.717, 1.165) is 0 Å². The van der Waals surface area contributed by atoms with Crippen LogP contribution in [0.2, 0.25) is 0 Å². The predicted octanol–water partition coefficient (Wildman–Crippen LogP) is -0.350. The molecule has 2 heterocycles. The van der Waals surface area contributed by atoms with Gasteiger partial charge in [-0.05, 0) is 0 Å². The Morgan fingerprint density at radius 3 is 3.00 bits per heavy atom. The third kappa shape index (κ3) is 1.12. The van der Waals surface area contributed by atoms with E-state index < -0.39 is 0 Å². The number of hydrogen-bond acceptors (Lipinski definition) is 4. The van der Waals surface area contributed by atoms with Crippen LogP contribution in [0, 0.1) is 0 Å². The summed E-state index contributed by atoms with van der Waals surface area (Å²) in [6, 6.07) is 0. The standard InChI is InChI=1S/C5H5N5O.ClH/c6-5-9-3-2(4(11)10-5)7-1-8-3;/h1H,(H4,6,7,8,9,10,11);1H/i1+2;. The highest BCUT2D eigenvalue weighted by Crippen LogP contribution is 1.98. The molecule has 4 N–H and O–H groups in total. The Hall–Kier alpha value is -1.56. The minimum absolute atomic E-state index is 0. The van der Waals surface area contributed by atoms with Crippen LogP contribution in [-0.2, 0) is 0 Å². The highest BCUT2D eigenvalue weighted by Gasteiger charge is 2.01. The van der Waals surface area contributed by atoms with Gasteiger partial charge in [0, 0.05) is 0 Å². The molecule has 12 heavy (non-hydrogen) atoms. The Balaban J connectivity index is 0.000000720. The van der Waals surface area contributed by atoms with Crippen molar-refractivity contribution < 1.29 is 0 Å². The normalized spacial score (nSPS) is 9.67. The van der Waals surface area contributed by atoms with Gasteiger partial charge in [-0.25, -0.2) is 4.98 Å². The first-order valence-electron chi connectivity index (χ1n) is 2.96. The fourth-order valence-corrected chi connectivity index (χ4v) is 0.860. The third-order valence-corrected chi connectivity index (χ3v) is 1.31. The number of aromatic amines is 2. The average Bonchev–Trinajstić information content (AvgIpc) is 2.34. The summed E-state index contributed by atoms with van der Waals surface area (Å²) >= 11 is 0. The van der Waals surface area contributed by atoms with E-state index in [9.17, 15) is 4.79 Å². The maximum atomic E-state index is 11.0. The summed E-state index contributed by atoms with van der Waals surface area (Å²) in [5.41, 5.74) is 5.65. The lowest BCUT2D eigenvalue weighted by Crippen LogP contribution is -2.10. The number of fused-ring (bicyclic) bond motifs is 1. The smallest absolute Gasteiger partial charge is 0.278 e. The van der Waals surface area contributed by atoms with Gasteiger partial charge in [-0.15, -0.1) is 12.4 Å². The molecule has 0 bridgehead atoms. The molecular formula is C5H6ClN5O. The number of aromatic nitrogens is 4. The zero-order valence-corrected chi connectivity index (χ0v) is 6.68. The maximum absolute atomic E-state index is 11.0. The van der Waals surface area contributed by atoms with E-state index in [1.165, 1.54) is 6.33 Å². The first kappa shape index (κ1) is 8.54. The van der Waals surface area contributed by atoms with Crippen LogP contribution in [0.1, 0.15) is 0 Å². The second-order valence-electron chi connectivity index (χ2n) is 2.05. The molecule has 0 aliphatic heterocycles. The van der Waals surface area contributed by atoms with Gasteiger partial charge in [-0.3, -0.25) is 9.78 Å². The molecule has 0 aromatic carbocycles. The Bertz CT molecular complexity index is 446. The first-order valence-corrected chi connectivity index (χ1v) is 2.96. The van der Waals surface area contributed by atoms with Crippen LogP contribution in [0.25, 0.3) is 11.2 Å². The number of hydrogen-bond donors (Lipinski definition) is 3. The van der Waals surface area contributed by atoms with E-state index in [1.54, 1.807) is 0 Å². The fourth-order valence-electron chi connectivity index (χ4n) is 0.860. The molecule has 0 spiro atoms. The number of nitrogens with one attached hydrogen (secondary N) is 2. The second kappa shape index (κ2) is 2.82. The Labute approximate surface area is 72.6 Å². The van der Waals surface area contributed by atoms with Crippen LogP contribution in [0.4, 0.5) is 5.95 Å². The van der Waals surface area contributed by atoms with E-state index in [1.807, 2.05) is 0 Å². The summed E-state index contributed by atoms with van der Waals surface area (Å²) in [6.45, 7) is 0. The highest BCUT2D eigenvalue weighted by molar-refractivity contribution is 5.85. The van der Waals surface area contributed by atoms with Gasteiger partial charge in [-0.2, -0.15) is 4.98 Å². The molecule has 0 aliphatic rings. The van der Waals surface area contributed by atoms with Crippen molar-refractivity contribution in [2.45, 2.75) is 0 Å². The Morgan fingerprint density at radius 1 is 1.50 bits per heavy atom. The third-order valence-electron chi connectivity index (χ3n) is 1.31. The number of nitrogens with zero attached hydrogens (tertiary/aromatic N) is 2. The van der Waals surface area contributed by atoms with Gasteiger partial charge in [0.2, 0.25) is 5.95 Å². The lowest BCUT2D eigenvalue weighted by atomic mass is 10.5. The van der Waals surface area contributed by atoms with Crippen molar-refractivity contribution >= 4 is 29.5 Å². The van der Waals surface area contributed by atoms with Crippen molar-refractivity contribution in [3.63, 3.8) is 0 Å². The molecular weight excluding hydrogens is 184 g/mol. The molecule has 0 radical (unpaired) electrons. The molecule has 0 amide bonds. The molecule has 0 atom stereocenters. The molecule has 0 saturated heterocycles. The van der Waals surface area contributed by atoms with E-state index in [0.29, 0.717) is 11.2 Å². The summed E-state index contributed by atoms with van der Waals surface area (Å²) in [6.07, 6.45) is 1.40. The van der Waals surface area contributed by atoms with Gasteiger partial charge in [0.1, 0.15) is 0 Å². The zero-order chi connectivity index (χ0) is 7.84. The Kier molecular flexibility index (Phi) is 2.01. The van der Waals surface area contributed by atoms with Crippen molar-refractivity contribution in [2.24, 2.45) is 0 Å². The number of H-pyrrole nitrogens is 2. The lowest BCUT2D eigenvalue weighted by molar-refractivity contribution is 1.17. The molecule has 7 heteroatoms. The zero-order valence-electron chi connectivity index (χ0n) is 5.87. The summed E-state index contributed by atoms with van der Waals surface area (Å²) < 4.78 is 0. The van der Waals surface area contributed by atoms with E-state index >= 15 is 0 Å². The highest BCUT2D eigenvalue weighted by atomic mass is 35.5. The first-order chi connectivity index (χ1) is 5.27. The van der Waals surface area contributed by atoms with Gasteiger partial charge in [0.25, 0.3) is 5.56 Å². The van der Waals surface area contributed by atoms with Gasteiger partial charge >= 0.3 is 0 Å². The summed E-state index contributed by atoms with van der Waals surface area (Å²) in [5, 5.41) is 0. The molecule has 64 valence electrons. The van der Waals surface area contributed by atoms with Gasteiger partial charge in [0.05, 0.1) is 6.33 Å². The van der Waals surface area contributed by atoms with Crippen LogP contribution >= 0.6 is 12.4 Å². The monoisotopic (exact) mass is 189 g/mol. The molecule has 2 rings (SSSR count). The van der Waals surface area contributed by atoms with Gasteiger partial charge in [0.15, 0.2) is 11.2 Å². The molecule has 6 nitrogen and oxygen atoms in total. The fraction of sp³-hybridized carbons (Fsp3) is 0. The van der Waals surface area contributed by atoms with Crippen LogP contribution in [0.15, 0.2) is 11.1 Å². The topological polar surface area (TPSA) is 100 Å². The molecule has 0 saturated carbocycles. The van der Waals surface area contributed by atoms with E-state index in [2.05, 4.69) is 19.9 Å². The van der Waals surface area contributed by atoms with Crippen molar-refractivity contribution in [3.8, 4) is 0 Å². The van der Waals surface area contributed by atoms with Crippen molar-refractivity contribution in [2.75, 3.05) is 5.73 Å². The Morgan fingerprint density at radius 2 is 2.25 bits per heavy atom. The molecule has 0 unspecified atom stereocenters. The van der Waals surface area contributed by atoms with Gasteiger partial charge in [-0.1, -0.05) is 0 Å². The van der Waals surface area contributed by atoms with E-state index in [4.69, 9.17) is 5.73 Å². The average molecular weight is 190 g/mol. The number of halogens is 1. The summed E-state index contributed by atoms with van der Waals surface area (Å²) in [7, 11) is 0. The van der Waals surface area contributed by atoms with Crippen molar-refractivity contribution in [3.05, 3.63) is 16.7 Å². The molecule has 2 aromatic rings. The van der Waals surface area contributed by atoms with E-state index in [-0.39, 0.29) is 23.9 Å². The largest absolute Gasteiger partial charge is 0.369 e. The van der Waals surface area contributed by atoms with Crippen LogP contribution in [0.5, 0.6) is 0 Å². The minimum atomic E-state index is -0.301. The predicted molar refractivity (Wildman–Crippen MR) is 46.2 cm³/mol. The van der Waals surface area contributed by atoms with Crippen LogP contribution in [-0.4, -0.2) is 19.9 Å². The molecule has 0 fully saturated rings. The summed E-state index contributed by atoms with van der Waals surface area (Å²) in [4.78, 5) is 23.5.